The normalized spacial score (nSPS) is 16.8. The van der Waals surface area contributed by atoms with Crippen LogP contribution in [-0.2, 0) is 33.4 Å². The Morgan fingerprint density at radius 1 is 1.09 bits per heavy atom. The molecule has 33 heavy (non-hydrogen) atoms. The topological polar surface area (TPSA) is 147 Å². The minimum Gasteiger partial charge on any atom is -0.460 e. The van der Waals surface area contributed by atoms with Gasteiger partial charge in [-0.25, -0.2) is 14.2 Å². The molecule has 0 saturated heterocycles. The maximum atomic E-state index is 13.1. The molecule has 1 aromatic carbocycles. The number of dihydropyridines is 1. The summed E-state index contributed by atoms with van der Waals surface area (Å²) in [6, 6.07) is 5.12. The van der Waals surface area contributed by atoms with Crippen molar-refractivity contribution in [1.29, 1.82) is 0 Å². The molecule has 3 rings (SSSR count). The average molecular weight is 480 g/mol. The van der Waals surface area contributed by atoms with Crippen molar-refractivity contribution in [2.24, 2.45) is 0 Å². The molecule has 0 radical (unpaired) electrons. The molecule has 12 heteroatoms. The van der Waals surface area contributed by atoms with Gasteiger partial charge in [0.05, 0.1) is 29.4 Å². The molecule has 0 bridgehead atoms. The summed E-state index contributed by atoms with van der Waals surface area (Å²) >= 11 is 0. The first-order valence-electron chi connectivity index (χ1n) is 10.1. The van der Waals surface area contributed by atoms with E-state index in [9.17, 15) is 18.0 Å². The van der Waals surface area contributed by atoms with E-state index in [1.54, 1.807) is 45.9 Å². The van der Waals surface area contributed by atoms with Crippen molar-refractivity contribution < 1.29 is 36.3 Å². The molecule has 0 fully saturated rings. The van der Waals surface area contributed by atoms with E-state index in [1.807, 2.05) is 0 Å². The number of carbonyl (C=O) groups excluding carboxylic acids is 2. The van der Waals surface area contributed by atoms with Crippen molar-refractivity contribution in [2.75, 3.05) is 19.5 Å². The van der Waals surface area contributed by atoms with Crippen molar-refractivity contribution in [3.8, 4) is 0 Å². The highest BCUT2D eigenvalue weighted by atomic mass is 32.2. The lowest BCUT2D eigenvalue weighted by Crippen LogP contribution is -2.33. The molecule has 1 aliphatic heterocycles. The predicted octanol–water partition coefficient (Wildman–Crippen LogP) is 1.93. The third-order valence-electron chi connectivity index (χ3n) is 4.79. The first-order valence-corrected chi connectivity index (χ1v) is 11.9. The molecule has 0 amide bonds. The van der Waals surface area contributed by atoms with Crippen LogP contribution >= 0.6 is 0 Å². The molecule has 178 valence electrons. The van der Waals surface area contributed by atoms with Gasteiger partial charge in [-0.3, -0.25) is 4.18 Å². The summed E-state index contributed by atoms with van der Waals surface area (Å²) < 4.78 is 42.5. The van der Waals surface area contributed by atoms with E-state index in [2.05, 4.69) is 19.8 Å². The van der Waals surface area contributed by atoms with E-state index in [1.165, 1.54) is 0 Å². The van der Waals surface area contributed by atoms with E-state index in [0.29, 0.717) is 28.0 Å². The smallest absolute Gasteiger partial charge is 0.337 e. The van der Waals surface area contributed by atoms with Gasteiger partial charge in [0, 0.05) is 11.4 Å². The van der Waals surface area contributed by atoms with Crippen molar-refractivity contribution in [1.82, 2.24) is 15.6 Å². The number of benzene rings is 1. The van der Waals surface area contributed by atoms with E-state index >= 15 is 0 Å². The minimum atomic E-state index is -3.68. The molecule has 1 aromatic heterocycles. The van der Waals surface area contributed by atoms with Crippen LogP contribution in [0.5, 0.6) is 0 Å². The second-order valence-electron chi connectivity index (χ2n) is 7.73. The fraction of sp³-hybridized carbons (Fsp3) is 0.429. The van der Waals surface area contributed by atoms with Gasteiger partial charge in [-0.15, -0.1) is 0 Å². The van der Waals surface area contributed by atoms with Gasteiger partial charge in [0.25, 0.3) is 10.1 Å². The fourth-order valence-electron chi connectivity index (χ4n) is 3.58. The second kappa shape index (κ2) is 9.71. The zero-order chi connectivity index (χ0) is 24.3. The molecule has 0 aliphatic carbocycles. The van der Waals surface area contributed by atoms with E-state index < -0.39 is 34.1 Å². The summed E-state index contributed by atoms with van der Waals surface area (Å²) in [5.74, 6) is -2.25. The van der Waals surface area contributed by atoms with Crippen LogP contribution in [0.3, 0.4) is 0 Å². The lowest BCUT2D eigenvalue weighted by molar-refractivity contribution is -0.143. The van der Waals surface area contributed by atoms with E-state index in [-0.39, 0.29) is 24.4 Å². The highest BCUT2D eigenvalue weighted by Crippen LogP contribution is 2.41. The van der Waals surface area contributed by atoms with Crippen LogP contribution in [0.4, 0.5) is 0 Å². The number of rotatable bonds is 8. The number of aromatic nitrogens is 2. The van der Waals surface area contributed by atoms with E-state index in [4.69, 9.17) is 14.1 Å². The standard InChI is InChI=1S/C21H25N3O8S/c1-11(2)31-21(26)17-13(4)22-12(3)16(20(25)29-9-10-30-33(5,27)28)18(17)14-7-6-8-15-19(14)24-32-23-15/h6-8,11,18,22H,9-10H2,1-5H3/t18-/m1/s1. The van der Waals surface area contributed by atoms with Gasteiger partial charge < -0.3 is 14.8 Å². The number of hydrogen-bond acceptors (Lipinski definition) is 11. The molecule has 1 atom stereocenters. The number of esters is 2. The van der Waals surface area contributed by atoms with Crippen LogP contribution in [0.15, 0.2) is 45.4 Å². The van der Waals surface area contributed by atoms with Crippen LogP contribution in [-0.4, -0.2) is 56.2 Å². The summed E-state index contributed by atoms with van der Waals surface area (Å²) in [4.78, 5) is 26.2. The SMILES string of the molecule is CC1=C(C(=O)OCCOS(C)(=O)=O)[C@@H](c2cccc3nonc23)C(C(=O)OC(C)C)=C(C)N1. The Morgan fingerprint density at radius 3 is 2.39 bits per heavy atom. The number of hydrogen-bond donors (Lipinski definition) is 1. The molecule has 2 aromatic rings. The lowest BCUT2D eigenvalue weighted by Gasteiger charge is -2.30. The lowest BCUT2D eigenvalue weighted by atomic mass is 9.80. The Morgan fingerprint density at radius 2 is 1.76 bits per heavy atom. The molecule has 11 nitrogen and oxygen atoms in total. The largest absolute Gasteiger partial charge is 0.460 e. The number of nitrogens with zero attached hydrogens (tertiary/aromatic N) is 2. The molecular weight excluding hydrogens is 454 g/mol. The molecule has 1 aliphatic rings. The van der Waals surface area contributed by atoms with Gasteiger partial charge in [0.1, 0.15) is 24.2 Å². The summed E-state index contributed by atoms with van der Waals surface area (Å²) in [5, 5.41) is 10.8. The van der Waals surface area contributed by atoms with Crippen LogP contribution in [0.25, 0.3) is 11.0 Å². The van der Waals surface area contributed by atoms with Crippen molar-refractivity contribution in [2.45, 2.75) is 39.7 Å². The van der Waals surface area contributed by atoms with Gasteiger partial charge >= 0.3 is 11.9 Å². The highest BCUT2D eigenvalue weighted by Gasteiger charge is 2.39. The first-order chi connectivity index (χ1) is 15.5. The first kappa shape index (κ1) is 24.4. The zero-order valence-corrected chi connectivity index (χ0v) is 19.7. The van der Waals surface area contributed by atoms with Gasteiger partial charge in [-0.05, 0) is 49.6 Å². The van der Waals surface area contributed by atoms with Crippen LogP contribution in [0.2, 0.25) is 0 Å². The monoisotopic (exact) mass is 479 g/mol. The average Bonchev–Trinajstić information content (AvgIpc) is 3.18. The number of nitrogens with one attached hydrogen (secondary N) is 1. The Balaban J connectivity index is 2.04. The Bertz CT molecular complexity index is 1240. The molecule has 1 N–H and O–H groups in total. The Labute approximate surface area is 190 Å². The fourth-order valence-corrected chi connectivity index (χ4v) is 3.95. The van der Waals surface area contributed by atoms with Crippen LogP contribution < -0.4 is 5.32 Å². The second-order valence-corrected chi connectivity index (χ2v) is 9.37. The van der Waals surface area contributed by atoms with Crippen molar-refractivity contribution >= 4 is 33.1 Å². The van der Waals surface area contributed by atoms with Crippen LogP contribution in [0.1, 0.15) is 39.2 Å². The van der Waals surface area contributed by atoms with Gasteiger partial charge in [-0.2, -0.15) is 8.42 Å². The predicted molar refractivity (Wildman–Crippen MR) is 116 cm³/mol. The third kappa shape index (κ3) is 5.57. The number of carbonyl (C=O) groups is 2. The Hall–Kier alpha value is -3.25. The molecule has 0 spiro atoms. The summed E-state index contributed by atoms with van der Waals surface area (Å²) in [6.45, 7) is 6.18. The zero-order valence-electron chi connectivity index (χ0n) is 18.9. The summed E-state index contributed by atoms with van der Waals surface area (Å²) in [6.07, 6.45) is 0.508. The molecule has 2 heterocycles. The van der Waals surface area contributed by atoms with Gasteiger partial charge in [0.15, 0.2) is 0 Å². The number of allylic oxidation sites excluding steroid dienone is 2. The summed E-state index contributed by atoms with van der Waals surface area (Å²) in [5.41, 5.74) is 2.66. The van der Waals surface area contributed by atoms with Gasteiger partial charge in [0.2, 0.25) is 0 Å². The van der Waals surface area contributed by atoms with Crippen molar-refractivity contribution in [3.63, 3.8) is 0 Å². The van der Waals surface area contributed by atoms with Crippen molar-refractivity contribution in [3.05, 3.63) is 46.3 Å². The molecule has 0 saturated carbocycles. The minimum absolute atomic E-state index is 0.145. The Kier molecular flexibility index (Phi) is 7.18. The molecule has 0 unspecified atom stereocenters. The highest BCUT2D eigenvalue weighted by molar-refractivity contribution is 7.85. The maximum Gasteiger partial charge on any atom is 0.337 e. The van der Waals surface area contributed by atoms with Crippen LogP contribution in [0, 0.1) is 0 Å². The maximum absolute atomic E-state index is 13.1. The third-order valence-corrected chi connectivity index (χ3v) is 5.38. The number of fused-ring (bicyclic) bond motifs is 1. The van der Waals surface area contributed by atoms with E-state index in [0.717, 1.165) is 6.26 Å². The quantitative estimate of drug-likeness (QED) is 0.336. The summed E-state index contributed by atoms with van der Waals surface area (Å²) in [7, 11) is -3.68. The number of ether oxygens (including phenoxy) is 2. The molecular formula is C21H25N3O8S. The van der Waals surface area contributed by atoms with Gasteiger partial charge in [-0.1, -0.05) is 12.1 Å².